The second-order valence-electron chi connectivity index (χ2n) is 4.64. The number of alkyl halides is 9. The molecule has 0 rings (SSSR count). The SMILES string of the molecule is CCOC(OCC)[SiH2]C(F)(F)C(F)(F)C(F)(F)C(F)(F)C(C)F. The lowest BCUT2D eigenvalue weighted by atomic mass is 10.0. The van der Waals surface area contributed by atoms with Gasteiger partial charge < -0.3 is 9.47 Å². The molecule has 1 atom stereocenters. The molecule has 0 aromatic rings. The molecule has 0 aromatic carbocycles. The first-order valence-electron chi connectivity index (χ1n) is 6.57. The Labute approximate surface area is 129 Å². The van der Waals surface area contributed by atoms with Crippen LogP contribution < -0.4 is 0 Å². The van der Waals surface area contributed by atoms with Gasteiger partial charge in [0.2, 0.25) is 0 Å². The van der Waals surface area contributed by atoms with Crippen LogP contribution in [0, 0.1) is 0 Å². The van der Waals surface area contributed by atoms with Crippen LogP contribution in [0.3, 0.4) is 0 Å². The van der Waals surface area contributed by atoms with Gasteiger partial charge in [-0.1, -0.05) is 0 Å². The largest absolute Gasteiger partial charge is 0.380 e. The molecule has 0 fully saturated rings. The molecular formula is C11H17F9O2Si. The molecule has 0 aliphatic rings. The summed E-state index contributed by atoms with van der Waals surface area (Å²) in [6.07, 6.45) is -3.75. The van der Waals surface area contributed by atoms with Gasteiger partial charge in [0.15, 0.2) is 15.7 Å². The van der Waals surface area contributed by atoms with Crippen LogP contribution >= 0.6 is 0 Å². The summed E-state index contributed by atoms with van der Waals surface area (Å²) >= 11 is 0. The van der Waals surface area contributed by atoms with Crippen molar-refractivity contribution in [3.8, 4) is 0 Å². The van der Waals surface area contributed by atoms with Gasteiger partial charge in [-0.15, -0.1) is 0 Å². The minimum absolute atomic E-state index is 0.122. The van der Waals surface area contributed by atoms with Crippen molar-refractivity contribution in [3.63, 3.8) is 0 Å². The summed E-state index contributed by atoms with van der Waals surface area (Å²) in [5.74, 6) is -20.9. The Morgan fingerprint density at radius 3 is 1.52 bits per heavy atom. The first-order valence-corrected chi connectivity index (χ1v) is 8.09. The van der Waals surface area contributed by atoms with Crippen LogP contribution in [0.2, 0.25) is 0 Å². The average molecular weight is 380 g/mol. The Balaban J connectivity index is 5.59. The molecule has 0 radical (unpaired) electrons. The van der Waals surface area contributed by atoms with Gasteiger partial charge in [0.05, 0.1) is 0 Å². The summed E-state index contributed by atoms with van der Waals surface area (Å²) < 4.78 is 128. The maximum Gasteiger partial charge on any atom is 0.380 e. The standard InChI is InChI=1S/C11H17F9O2Si/c1-4-21-7(22-5-2)23-11(19,20)10(17,18)9(15,16)8(13,14)6(3)12/h6-7H,4-5,23H2,1-3H3. The van der Waals surface area contributed by atoms with Crippen molar-refractivity contribution in [2.45, 2.75) is 56.2 Å². The van der Waals surface area contributed by atoms with Crippen molar-refractivity contribution in [1.82, 2.24) is 0 Å². The van der Waals surface area contributed by atoms with E-state index in [2.05, 4.69) is 9.47 Å². The highest BCUT2D eigenvalue weighted by atomic mass is 28.2. The van der Waals surface area contributed by atoms with Gasteiger partial charge in [0.25, 0.3) is 5.55 Å². The van der Waals surface area contributed by atoms with E-state index in [0.717, 1.165) is 0 Å². The van der Waals surface area contributed by atoms with Crippen molar-refractivity contribution in [3.05, 3.63) is 0 Å². The summed E-state index contributed by atoms with van der Waals surface area (Å²) in [6, 6.07) is 0. The summed E-state index contributed by atoms with van der Waals surface area (Å²) in [5.41, 5.74) is -5.50. The molecule has 0 saturated carbocycles. The van der Waals surface area contributed by atoms with E-state index in [-0.39, 0.29) is 20.1 Å². The Morgan fingerprint density at radius 1 is 0.826 bits per heavy atom. The molecule has 0 aliphatic heterocycles. The predicted molar refractivity (Wildman–Crippen MR) is 65.9 cm³/mol. The van der Waals surface area contributed by atoms with Crippen LogP contribution in [0.5, 0.6) is 0 Å². The van der Waals surface area contributed by atoms with Gasteiger partial charge in [0, 0.05) is 13.2 Å². The van der Waals surface area contributed by atoms with E-state index in [1.54, 1.807) is 0 Å². The Kier molecular flexibility index (Phi) is 7.43. The first kappa shape index (κ1) is 22.5. The quantitative estimate of drug-likeness (QED) is 0.329. The van der Waals surface area contributed by atoms with E-state index < -0.39 is 44.9 Å². The maximum absolute atomic E-state index is 13.6. The van der Waals surface area contributed by atoms with Gasteiger partial charge in [-0.25, -0.2) is 13.2 Å². The molecule has 0 heterocycles. The highest BCUT2D eigenvalue weighted by Gasteiger charge is 2.81. The van der Waals surface area contributed by atoms with Crippen LogP contribution in [0.4, 0.5) is 39.5 Å². The van der Waals surface area contributed by atoms with Crippen molar-refractivity contribution in [2.24, 2.45) is 0 Å². The summed E-state index contributed by atoms with van der Waals surface area (Å²) in [6.45, 7) is 2.01. The lowest BCUT2D eigenvalue weighted by Crippen LogP contribution is -2.67. The zero-order valence-electron chi connectivity index (χ0n) is 12.5. The molecule has 23 heavy (non-hydrogen) atoms. The Hall–Kier alpha value is -0.493. The number of rotatable bonds is 10. The maximum atomic E-state index is 13.6. The molecule has 0 aliphatic carbocycles. The van der Waals surface area contributed by atoms with Crippen LogP contribution in [0.1, 0.15) is 20.8 Å². The monoisotopic (exact) mass is 380 g/mol. The van der Waals surface area contributed by atoms with Gasteiger partial charge in [-0.2, -0.15) is 26.3 Å². The molecule has 1 unspecified atom stereocenters. The normalized spacial score (nSPS) is 16.6. The lowest BCUT2D eigenvalue weighted by Gasteiger charge is -2.38. The van der Waals surface area contributed by atoms with Crippen molar-refractivity contribution in [2.75, 3.05) is 13.2 Å². The van der Waals surface area contributed by atoms with Crippen molar-refractivity contribution < 1.29 is 49.0 Å². The first-order chi connectivity index (χ1) is 10.2. The van der Waals surface area contributed by atoms with Gasteiger partial charge in [-0.05, 0) is 20.8 Å². The molecule has 0 amide bonds. The van der Waals surface area contributed by atoms with E-state index in [1.807, 2.05) is 0 Å². The Bertz CT molecular complexity index is 371. The minimum atomic E-state index is -6.59. The van der Waals surface area contributed by atoms with E-state index in [9.17, 15) is 39.5 Å². The third-order valence-corrected chi connectivity index (χ3v) is 4.66. The smallest absolute Gasteiger partial charge is 0.357 e. The van der Waals surface area contributed by atoms with Crippen molar-refractivity contribution in [1.29, 1.82) is 0 Å². The molecule has 2 nitrogen and oxygen atoms in total. The molecule has 0 N–H and O–H groups in total. The Morgan fingerprint density at radius 2 is 1.22 bits per heavy atom. The van der Waals surface area contributed by atoms with E-state index in [4.69, 9.17) is 0 Å². The lowest BCUT2D eigenvalue weighted by molar-refractivity contribution is -0.359. The van der Waals surface area contributed by atoms with Crippen LogP contribution in [-0.4, -0.2) is 58.1 Å². The number of halogens is 9. The second-order valence-corrected chi connectivity index (χ2v) is 6.60. The molecular weight excluding hydrogens is 363 g/mol. The molecule has 0 spiro atoms. The second kappa shape index (κ2) is 7.60. The predicted octanol–water partition coefficient (Wildman–Crippen LogP) is 3.37. The third-order valence-electron chi connectivity index (χ3n) is 2.90. The van der Waals surface area contributed by atoms with Crippen molar-refractivity contribution >= 4 is 9.52 Å². The molecule has 12 heteroatoms. The van der Waals surface area contributed by atoms with E-state index in [1.165, 1.54) is 13.8 Å². The molecule has 0 bridgehead atoms. The summed E-state index contributed by atoms with van der Waals surface area (Å²) in [4.78, 5) is 0. The highest BCUT2D eigenvalue weighted by molar-refractivity contribution is 6.40. The molecule has 0 saturated heterocycles. The summed E-state index contributed by atoms with van der Waals surface area (Å²) in [5, 5.41) is 0. The summed E-state index contributed by atoms with van der Waals surface area (Å²) in [7, 11) is -3.60. The fourth-order valence-electron chi connectivity index (χ4n) is 1.56. The van der Waals surface area contributed by atoms with Gasteiger partial charge >= 0.3 is 17.8 Å². The van der Waals surface area contributed by atoms with Gasteiger partial charge in [0.1, 0.15) is 5.91 Å². The van der Waals surface area contributed by atoms with E-state index in [0.29, 0.717) is 0 Å². The fraction of sp³-hybridized carbons (Fsp3) is 1.00. The zero-order chi connectivity index (χ0) is 18.7. The minimum Gasteiger partial charge on any atom is -0.357 e. The number of ether oxygens (including phenoxy) is 2. The fourth-order valence-corrected chi connectivity index (χ4v) is 3.17. The van der Waals surface area contributed by atoms with Crippen LogP contribution in [0.25, 0.3) is 0 Å². The van der Waals surface area contributed by atoms with Gasteiger partial charge in [-0.3, -0.25) is 0 Å². The topological polar surface area (TPSA) is 18.5 Å². The highest BCUT2D eigenvalue weighted by Crippen LogP contribution is 2.53. The van der Waals surface area contributed by atoms with Crippen LogP contribution in [-0.2, 0) is 9.47 Å². The number of hydrogen-bond acceptors (Lipinski definition) is 2. The number of hydrogen-bond donors (Lipinski definition) is 0. The molecule has 140 valence electrons. The molecule has 0 aromatic heterocycles. The van der Waals surface area contributed by atoms with Crippen LogP contribution in [0.15, 0.2) is 0 Å². The zero-order valence-corrected chi connectivity index (χ0v) is 13.9. The average Bonchev–Trinajstić information content (AvgIpc) is 2.37. The van der Waals surface area contributed by atoms with E-state index >= 15 is 0 Å². The third kappa shape index (κ3) is 4.32.